The van der Waals surface area contributed by atoms with Gasteiger partial charge in [0, 0.05) is 50.6 Å². The van der Waals surface area contributed by atoms with Gasteiger partial charge in [0.1, 0.15) is 5.69 Å². The van der Waals surface area contributed by atoms with Crippen LogP contribution < -0.4 is 5.32 Å². The van der Waals surface area contributed by atoms with Gasteiger partial charge in [0.15, 0.2) is 0 Å². The second-order valence-electron chi connectivity index (χ2n) is 7.22. The number of rotatable bonds is 4. The molecule has 0 unspecified atom stereocenters. The van der Waals surface area contributed by atoms with Crippen molar-refractivity contribution in [3.05, 3.63) is 18.0 Å². The number of amides is 2. The molecule has 4 rings (SSSR count). The van der Waals surface area contributed by atoms with Crippen LogP contribution in [0.2, 0.25) is 0 Å². The zero-order valence-corrected chi connectivity index (χ0v) is 14.0. The van der Waals surface area contributed by atoms with E-state index in [4.69, 9.17) is 4.74 Å². The van der Waals surface area contributed by atoms with E-state index in [1.807, 2.05) is 4.90 Å². The van der Waals surface area contributed by atoms with Crippen LogP contribution in [0.15, 0.2) is 12.3 Å². The third-order valence-electron chi connectivity index (χ3n) is 5.78. The number of ether oxygens (including phenoxy) is 1. The summed E-state index contributed by atoms with van der Waals surface area (Å²) in [6, 6.07) is 1.71. The molecule has 24 heavy (non-hydrogen) atoms. The fourth-order valence-electron chi connectivity index (χ4n) is 4.01. The summed E-state index contributed by atoms with van der Waals surface area (Å²) in [7, 11) is 1.75. The molecule has 1 aliphatic carbocycles. The van der Waals surface area contributed by atoms with Crippen LogP contribution >= 0.6 is 0 Å². The highest BCUT2D eigenvalue weighted by atomic mass is 16.5. The minimum Gasteiger partial charge on any atom is -0.376 e. The van der Waals surface area contributed by atoms with E-state index in [2.05, 4.69) is 10.4 Å². The number of hydrogen-bond donors (Lipinski definition) is 1. The maximum absolute atomic E-state index is 12.4. The highest BCUT2D eigenvalue weighted by Gasteiger charge is 2.46. The largest absolute Gasteiger partial charge is 0.376 e. The van der Waals surface area contributed by atoms with Crippen LogP contribution in [0.3, 0.4) is 0 Å². The molecule has 1 aromatic rings. The standard InChI is InChI=1S/C17H24N4O3/c1-20-14(5-6-19-20)16(22)18-7-12-10-24-15-9-21(8-13(12)15)17(23)11-3-2-4-11/h5-6,11-13,15H,2-4,7-10H2,1H3,(H,18,22)/t12-,13-,15-/m1/s1. The van der Waals surface area contributed by atoms with Crippen LogP contribution in [0.25, 0.3) is 0 Å². The monoisotopic (exact) mass is 332 g/mol. The van der Waals surface area contributed by atoms with Crippen LogP contribution in [0.1, 0.15) is 29.8 Å². The number of hydrogen-bond acceptors (Lipinski definition) is 4. The number of nitrogens with one attached hydrogen (secondary N) is 1. The molecule has 1 aromatic heterocycles. The van der Waals surface area contributed by atoms with Crippen molar-refractivity contribution in [1.29, 1.82) is 0 Å². The minimum atomic E-state index is -0.112. The summed E-state index contributed by atoms with van der Waals surface area (Å²) in [5, 5.41) is 7.00. The Labute approximate surface area is 141 Å². The molecule has 1 saturated carbocycles. The number of aromatic nitrogens is 2. The molecule has 0 aromatic carbocycles. The second kappa shape index (κ2) is 6.20. The van der Waals surface area contributed by atoms with Gasteiger partial charge in [-0.1, -0.05) is 6.42 Å². The van der Waals surface area contributed by atoms with Gasteiger partial charge in [-0.2, -0.15) is 5.10 Å². The predicted octanol–water partition coefficient (Wildman–Crippen LogP) is 0.423. The Morgan fingerprint density at radius 3 is 2.88 bits per heavy atom. The average molecular weight is 332 g/mol. The van der Waals surface area contributed by atoms with Gasteiger partial charge in [-0.3, -0.25) is 14.3 Å². The summed E-state index contributed by atoms with van der Waals surface area (Å²) in [4.78, 5) is 26.6. The average Bonchev–Trinajstić information content (AvgIpc) is 3.18. The number of likely N-dealkylation sites (tertiary alicyclic amines) is 1. The lowest BCUT2D eigenvalue weighted by molar-refractivity contribution is -0.137. The Kier molecular flexibility index (Phi) is 4.04. The van der Waals surface area contributed by atoms with E-state index in [9.17, 15) is 9.59 Å². The number of fused-ring (bicyclic) bond motifs is 1. The summed E-state index contributed by atoms with van der Waals surface area (Å²) in [5.74, 6) is 1.04. The maximum atomic E-state index is 12.4. The fourth-order valence-corrected chi connectivity index (χ4v) is 4.01. The molecule has 3 fully saturated rings. The molecule has 0 bridgehead atoms. The summed E-state index contributed by atoms with van der Waals surface area (Å²) in [6.45, 7) is 2.72. The lowest BCUT2D eigenvalue weighted by Gasteiger charge is -2.29. The van der Waals surface area contributed by atoms with Gasteiger partial charge in [0.2, 0.25) is 5.91 Å². The van der Waals surface area contributed by atoms with Crippen LogP contribution in [0.4, 0.5) is 0 Å². The zero-order chi connectivity index (χ0) is 16.7. The second-order valence-corrected chi connectivity index (χ2v) is 7.22. The van der Waals surface area contributed by atoms with E-state index in [1.165, 1.54) is 6.42 Å². The van der Waals surface area contributed by atoms with Crippen molar-refractivity contribution < 1.29 is 14.3 Å². The first-order valence-electron chi connectivity index (χ1n) is 8.80. The summed E-state index contributed by atoms with van der Waals surface area (Å²) >= 11 is 0. The lowest BCUT2D eigenvalue weighted by atomic mass is 9.84. The van der Waals surface area contributed by atoms with E-state index in [-0.39, 0.29) is 23.8 Å². The van der Waals surface area contributed by atoms with Gasteiger partial charge < -0.3 is 15.0 Å². The number of aryl methyl sites for hydroxylation is 1. The van der Waals surface area contributed by atoms with Gasteiger partial charge in [-0.05, 0) is 18.9 Å². The van der Waals surface area contributed by atoms with E-state index in [0.717, 1.165) is 19.4 Å². The quantitative estimate of drug-likeness (QED) is 0.867. The Balaban J connectivity index is 1.32. The van der Waals surface area contributed by atoms with Crippen molar-refractivity contribution in [2.75, 3.05) is 26.2 Å². The maximum Gasteiger partial charge on any atom is 0.269 e. The highest BCUT2D eigenvalue weighted by Crippen LogP contribution is 2.36. The first-order chi connectivity index (χ1) is 11.6. The Hall–Kier alpha value is -1.89. The molecule has 2 saturated heterocycles. The molecule has 0 radical (unpaired) electrons. The van der Waals surface area contributed by atoms with Gasteiger partial charge in [0.25, 0.3) is 5.91 Å². The molecule has 2 aliphatic heterocycles. The number of nitrogens with zero attached hydrogens (tertiary/aromatic N) is 3. The Bertz CT molecular complexity index is 640. The lowest BCUT2D eigenvalue weighted by Crippen LogP contribution is -2.39. The van der Waals surface area contributed by atoms with Crippen LogP contribution in [0.5, 0.6) is 0 Å². The van der Waals surface area contributed by atoms with Crippen LogP contribution in [0, 0.1) is 17.8 Å². The smallest absolute Gasteiger partial charge is 0.269 e. The molecular formula is C17H24N4O3. The van der Waals surface area contributed by atoms with Crippen molar-refractivity contribution in [1.82, 2.24) is 20.0 Å². The van der Waals surface area contributed by atoms with Crippen molar-refractivity contribution in [2.45, 2.75) is 25.4 Å². The van der Waals surface area contributed by atoms with Gasteiger partial charge in [-0.25, -0.2) is 0 Å². The summed E-state index contributed by atoms with van der Waals surface area (Å²) in [6.07, 6.45) is 5.00. The molecule has 130 valence electrons. The fraction of sp³-hybridized carbons (Fsp3) is 0.706. The number of carbonyl (C=O) groups is 2. The Morgan fingerprint density at radius 2 is 2.21 bits per heavy atom. The zero-order valence-electron chi connectivity index (χ0n) is 14.0. The predicted molar refractivity (Wildman–Crippen MR) is 86.2 cm³/mol. The highest BCUT2D eigenvalue weighted by molar-refractivity contribution is 5.92. The molecular weight excluding hydrogens is 308 g/mol. The molecule has 1 N–H and O–H groups in total. The van der Waals surface area contributed by atoms with Crippen LogP contribution in [-0.4, -0.2) is 58.8 Å². The van der Waals surface area contributed by atoms with Crippen molar-refractivity contribution in [3.63, 3.8) is 0 Å². The van der Waals surface area contributed by atoms with E-state index < -0.39 is 0 Å². The van der Waals surface area contributed by atoms with Gasteiger partial charge >= 0.3 is 0 Å². The van der Waals surface area contributed by atoms with E-state index >= 15 is 0 Å². The number of carbonyl (C=O) groups excluding carboxylic acids is 2. The van der Waals surface area contributed by atoms with Gasteiger partial charge in [0.05, 0.1) is 12.7 Å². The van der Waals surface area contributed by atoms with Crippen molar-refractivity contribution in [2.24, 2.45) is 24.8 Å². The van der Waals surface area contributed by atoms with Crippen molar-refractivity contribution in [3.8, 4) is 0 Å². The van der Waals surface area contributed by atoms with Gasteiger partial charge in [-0.15, -0.1) is 0 Å². The molecule has 2 amide bonds. The van der Waals surface area contributed by atoms with E-state index in [1.54, 1.807) is 24.0 Å². The molecule has 0 spiro atoms. The SMILES string of the molecule is Cn1nccc1C(=O)NC[C@@H]1CO[C@@H]2CN(C(=O)C3CCC3)C[C@H]12. The summed E-state index contributed by atoms with van der Waals surface area (Å²) < 4.78 is 7.45. The molecule has 3 heterocycles. The molecule has 7 nitrogen and oxygen atoms in total. The third-order valence-corrected chi connectivity index (χ3v) is 5.78. The molecule has 7 heteroatoms. The summed E-state index contributed by atoms with van der Waals surface area (Å²) in [5.41, 5.74) is 0.554. The van der Waals surface area contributed by atoms with E-state index in [0.29, 0.717) is 37.2 Å². The van der Waals surface area contributed by atoms with Crippen molar-refractivity contribution >= 4 is 11.8 Å². The first kappa shape index (κ1) is 15.6. The molecule has 3 aliphatic rings. The Morgan fingerprint density at radius 1 is 1.38 bits per heavy atom. The third kappa shape index (κ3) is 2.70. The van der Waals surface area contributed by atoms with Crippen LogP contribution in [-0.2, 0) is 16.6 Å². The first-order valence-corrected chi connectivity index (χ1v) is 8.80. The topological polar surface area (TPSA) is 76.5 Å². The molecule has 3 atom stereocenters. The normalized spacial score (nSPS) is 29.4. The minimum absolute atomic E-state index is 0.112.